The molecule has 0 atom stereocenters. The topological polar surface area (TPSA) is 84.0 Å². The van der Waals surface area contributed by atoms with E-state index >= 15 is 0 Å². The van der Waals surface area contributed by atoms with E-state index in [0.717, 1.165) is 32.0 Å². The molecule has 0 saturated carbocycles. The number of piperidine rings is 1. The van der Waals surface area contributed by atoms with Crippen LogP contribution in [0.25, 0.3) is 0 Å². The van der Waals surface area contributed by atoms with Gasteiger partial charge in [-0.05, 0) is 44.1 Å². The number of anilines is 3. The summed E-state index contributed by atoms with van der Waals surface area (Å²) < 4.78 is 55.3. The van der Waals surface area contributed by atoms with Gasteiger partial charge in [0, 0.05) is 11.7 Å². The number of benzene rings is 1. The Kier molecular flexibility index (Phi) is 8.05. The second kappa shape index (κ2) is 10.1. The van der Waals surface area contributed by atoms with Crippen LogP contribution >= 0.6 is 24.0 Å². The molecule has 0 unspecified atom stereocenters. The second-order valence-corrected chi connectivity index (χ2v) is 6.50. The van der Waals surface area contributed by atoms with Crippen LogP contribution in [0.15, 0.2) is 18.2 Å². The molecule has 0 bridgehead atoms. The Hall–Kier alpha value is -2.11. The van der Waals surface area contributed by atoms with Gasteiger partial charge in [-0.1, -0.05) is 11.6 Å². The van der Waals surface area contributed by atoms with Gasteiger partial charge in [-0.3, -0.25) is 0 Å². The number of hydrogen-bond donors (Lipinski definition) is 3. The Morgan fingerprint density at radius 2 is 1.83 bits per heavy atom. The maximum atomic E-state index is 13.3. The van der Waals surface area contributed by atoms with Crippen LogP contribution in [0.1, 0.15) is 12.8 Å². The van der Waals surface area contributed by atoms with Crippen molar-refractivity contribution < 1.29 is 22.3 Å². The molecular formula is C16H18Cl2F4N6O. The van der Waals surface area contributed by atoms with E-state index in [1.807, 2.05) is 0 Å². The maximum absolute atomic E-state index is 13.3. The Bertz CT molecular complexity index is 820. The number of rotatable bonds is 6. The van der Waals surface area contributed by atoms with Crippen LogP contribution in [0.5, 0.6) is 6.01 Å². The quantitative estimate of drug-likeness (QED) is 0.567. The highest BCUT2D eigenvalue weighted by Gasteiger charge is 2.29. The standard InChI is InChI=1S/C16H17ClF4N6O.ClH/c17-11-7-10(1-2-12(11)18)24-14-25-13(23-9-3-5-22-6-4-9)26-15(27-14)28-8-16(19,20)21;/h1-2,7,9,22H,3-6,8H2,(H2,23,24,25,26,27);1H. The molecule has 2 heterocycles. The molecule has 2 aromatic rings. The summed E-state index contributed by atoms with van der Waals surface area (Å²) in [6.07, 6.45) is -2.92. The maximum Gasteiger partial charge on any atom is 0.422 e. The molecule has 0 radical (unpaired) electrons. The zero-order valence-electron chi connectivity index (χ0n) is 14.9. The van der Waals surface area contributed by atoms with E-state index in [2.05, 4.69) is 35.6 Å². The van der Waals surface area contributed by atoms with Crippen molar-refractivity contribution in [1.82, 2.24) is 20.3 Å². The third-order valence-electron chi connectivity index (χ3n) is 3.83. The lowest BCUT2D eigenvalue weighted by Crippen LogP contribution is -2.35. The lowest BCUT2D eigenvalue weighted by atomic mass is 10.1. The average molecular weight is 457 g/mol. The first-order valence-electron chi connectivity index (χ1n) is 8.43. The van der Waals surface area contributed by atoms with Crippen molar-refractivity contribution in [3.05, 3.63) is 29.0 Å². The minimum Gasteiger partial charge on any atom is -0.454 e. The van der Waals surface area contributed by atoms with Gasteiger partial charge in [0.2, 0.25) is 11.9 Å². The van der Waals surface area contributed by atoms with Crippen LogP contribution in [-0.4, -0.2) is 46.9 Å². The molecule has 29 heavy (non-hydrogen) atoms. The van der Waals surface area contributed by atoms with Gasteiger partial charge in [0.1, 0.15) is 5.82 Å². The molecule has 1 aromatic heterocycles. The summed E-state index contributed by atoms with van der Waals surface area (Å²) in [6.45, 7) is 0.0738. The van der Waals surface area contributed by atoms with Gasteiger partial charge >= 0.3 is 12.2 Å². The molecule has 3 N–H and O–H groups in total. The Morgan fingerprint density at radius 3 is 2.48 bits per heavy atom. The summed E-state index contributed by atoms with van der Waals surface area (Å²) in [6, 6.07) is 3.41. The number of aromatic nitrogens is 3. The predicted molar refractivity (Wildman–Crippen MR) is 103 cm³/mol. The van der Waals surface area contributed by atoms with Crippen LogP contribution in [0.4, 0.5) is 35.1 Å². The van der Waals surface area contributed by atoms with Crippen molar-refractivity contribution in [2.24, 2.45) is 0 Å². The number of nitrogens with one attached hydrogen (secondary N) is 3. The van der Waals surface area contributed by atoms with Crippen LogP contribution in [0, 0.1) is 5.82 Å². The lowest BCUT2D eigenvalue weighted by molar-refractivity contribution is -0.154. The SMILES string of the molecule is Cl.Fc1ccc(Nc2nc(NC3CCNCC3)nc(OCC(F)(F)F)n2)cc1Cl. The van der Waals surface area contributed by atoms with Gasteiger partial charge in [0.15, 0.2) is 6.61 Å². The molecule has 0 aliphatic carbocycles. The van der Waals surface area contributed by atoms with Gasteiger partial charge in [-0.2, -0.15) is 28.1 Å². The van der Waals surface area contributed by atoms with Crippen LogP contribution < -0.4 is 20.7 Å². The minimum absolute atomic E-state index is 0. The molecule has 1 aliphatic rings. The molecule has 7 nitrogen and oxygen atoms in total. The molecule has 1 aliphatic heterocycles. The molecule has 13 heteroatoms. The van der Waals surface area contributed by atoms with Crippen molar-refractivity contribution in [3.63, 3.8) is 0 Å². The fourth-order valence-corrected chi connectivity index (χ4v) is 2.72. The summed E-state index contributed by atoms with van der Waals surface area (Å²) in [5.74, 6) is -0.591. The van der Waals surface area contributed by atoms with Crippen molar-refractivity contribution >= 4 is 41.6 Å². The van der Waals surface area contributed by atoms with E-state index < -0.39 is 24.6 Å². The lowest BCUT2D eigenvalue weighted by Gasteiger charge is -2.23. The summed E-state index contributed by atoms with van der Waals surface area (Å²) in [7, 11) is 0. The van der Waals surface area contributed by atoms with Gasteiger partial charge in [0.05, 0.1) is 5.02 Å². The second-order valence-electron chi connectivity index (χ2n) is 6.09. The Balaban J connectivity index is 0.00000300. The van der Waals surface area contributed by atoms with E-state index in [1.165, 1.54) is 12.1 Å². The number of nitrogens with zero attached hydrogens (tertiary/aromatic N) is 3. The highest BCUT2D eigenvalue weighted by atomic mass is 35.5. The summed E-state index contributed by atoms with van der Waals surface area (Å²) in [4.78, 5) is 11.9. The summed E-state index contributed by atoms with van der Waals surface area (Å²) in [5.41, 5.74) is 0.354. The first-order chi connectivity index (χ1) is 13.3. The third kappa shape index (κ3) is 7.33. The van der Waals surface area contributed by atoms with Crippen molar-refractivity contribution in [1.29, 1.82) is 0 Å². The Labute approximate surface area is 175 Å². The molecule has 0 amide bonds. The van der Waals surface area contributed by atoms with E-state index in [-0.39, 0.29) is 35.4 Å². The Morgan fingerprint density at radius 1 is 1.14 bits per heavy atom. The van der Waals surface area contributed by atoms with E-state index in [9.17, 15) is 17.6 Å². The van der Waals surface area contributed by atoms with Crippen molar-refractivity contribution in [3.8, 4) is 6.01 Å². The minimum atomic E-state index is -4.53. The fraction of sp³-hybridized carbons (Fsp3) is 0.438. The molecule has 0 spiro atoms. The predicted octanol–water partition coefficient (Wildman–Crippen LogP) is 3.93. The van der Waals surface area contributed by atoms with E-state index in [4.69, 9.17) is 11.6 Å². The molecule has 3 rings (SSSR count). The molecule has 1 saturated heterocycles. The molecule has 160 valence electrons. The van der Waals surface area contributed by atoms with Gasteiger partial charge < -0.3 is 20.7 Å². The number of hydrogen-bond acceptors (Lipinski definition) is 7. The van der Waals surface area contributed by atoms with E-state index in [1.54, 1.807) is 0 Å². The molecular weight excluding hydrogens is 439 g/mol. The van der Waals surface area contributed by atoms with Crippen LogP contribution in [0.2, 0.25) is 5.02 Å². The van der Waals surface area contributed by atoms with Crippen LogP contribution in [-0.2, 0) is 0 Å². The number of alkyl halides is 3. The van der Waals surface area contributed by atoms with Crippen molar-refractivity contribution in [2.45, 2.75) is 25.1 Å². The molecule has 1 aromatic carbocycles. The fourth-order valence-electron chi connectivity index (χ4n) is 2.54. The number of halogens is 6. The van der Waals surface area contributed by atoms with Gasteiger partial charge in [0.25, 0.3) is 0 Å². The van der Waals surface area contributed by atoms with Crippen molar-refractivity contribution in [2.75, 3.05) is 30.3 Å². The van der Waals surface area contributed by atoms with Gasteiger partial charge in [-0.25, -0.2) is 4.39 Å². The highest BCUT2D eigenvalue weighted by molar-refractivity contribution is 6.31. The third-order valence-corrected chi connectivity index (χ3v) is 4.12. The smallest absolute Gasteiger partial charge is 0.422 e. The summed E-state index contributed by atoms with van der Waals surface area (Å²) in [5, 5.41) is 8.92. The zero-order chi connectivity index (χ0) is 20.1. The average Bonchev–Trinajstić information content (AvgIpc) is 2.63. The number of ether oxygens (including phenoxy) is 1. The first-order valence-corrected chi connectivity index (χ1v) is 8.81. The van der Waals surface area contributed by atoms with Gasteiger partial charge in [-0.15, -0.1) is 12.4 Å². The molecule has 1 fully saturated rings. The highest BCUT2D eigenvalue weighted by Crippen LogP contribution is 2.23. The summed E-state index contributed by atoms with van der Waals surface area (Å²) >= 11 is 5.74. The zero-order valence-corrected chi connectivity index (χ0v) is 16.5. The van der Waals surface area contributed by atoms with E-state index in [0.29, 0.717) is 5.69 Å². The normalized spacial score (nSPS) is 14.8. The monoisotopic (exact) mass is 456 g/mol. The first kappa shape index (κ1) is 23.2. The van der Waals surface area contributed by atoms with Crippen LogP contribution in [0.3, 0.4) is 0 Å². The largest absolute Gasteiger partial charge is 0.454 e.